The highest BCUT2D eigenvalue weighted by molar-refractivity contribution is 9.13. The third kappa shape index (κ3) is 3.01. The van der Waals surface area contributed by atoms with Crippen molar-refractivity contribution in [1.82, 2.24) is 0 Å². The fourth-order valence-electron chi connectivity index (χ4n) is 1.24. The largest absolute Gasteiger partial charge is 0.288 e. The number of rotatable bonds is 2. The minimum atomic E-state index is -0.0150. The van der Waals surface area contributed by atoms with E-state index in [2.05, 4.69) is 47.8 Å². The number of carbonyl (C=O) groups excluding carboxylic acids is 1. The van der Waals surface area contributed by atoms with Gasteiger partial charge in [0.2, 0.25) is 5.78 Å². The predicted molar refractivity (Wildman–Crippen MR) is 82.3 cm³/mol. The molecule has 0 fully saturated rings. The molecule has 0 unspecified atom stereocenters. The van der Waals surface area contributed by atoms with Crippen molar-refractivity contribution in [1.29, 1.82) is 0 Å². The van der Waals surface area contributed by atoms with E-state index in [1.54, 1.807) is 24.3 Å². The van der Waals surface area contributed by atoms with Gasteiger partial charge in [-0.2, -0.15) is 0 Å². The summed E-state index contributed by atoms with van der Waals surface area (Å²) in [6.07, 6.45) is 0. The van der Waals surface area contributed by atoms with Crippen molar-refractivity contribution >= 4 is 76.5 Å². The fraction of sp³-hybridized carbons (Fsp3) is 0. The maximum Gasteiger partial charge on any atom is 0.203 e. The van der Waals surface area contributed by atoms with Gasteiger partial charge >= 0.3 is 0 Å². The number of hydrogen-bond acceptors (Lipinski definition) is 2. The highest BCUT2D eigenvalue weighted by Crippen LogP contribution is 2.34. The van der Waals surface area contributed by atoms with E-state index in [0.717, 1.165) is 12.7 Å². The zero-order chi connectivity index (χ0) is 12.6. The van der Waals surface area contributed by atoms with E-state index >= 15 is 0 Å². The first kappa shape index (κ1) is 13.7. The summed E-state index contributed by atoms with van der Waals surface area (Å²) in [7, 11) is 0. The molecule has 1 aromatic carbocycles. The van der Waals surface area contributed by atoms with Crippen LogP contribution in [0.25, 0.3) is 0 Å². The fourth-order valence-corrected chi connectivity index (χ4v) is 3.73. The molecule has 0 bridgehead atoms. The lowest BCUT2D eigenvalue weighted by Crippen LogP contribution is -1.98. The topological polar surface area (TPSA) is 17.1 Å². The number of halogens is 4. The number of benzene rings is 1. The van der Waals surface area contributed by atoms with E-state index < -0.39 is 0 Å². The maximum absolute atomic E-state index is 12.2. The summed E-state index contributed by atoms with van der Waals surface area (Å²) >= 11 is 17.3. The first-order valence-electron chi connectivity index (χ1n) is 4.43. The maximum atomic E-state index is 12.2. The van der Waals surface area contributed by atoms with Crippen molar-refractivity contribution in [2.24, 2.45) is 0 Å². The number of hydrogen-bond donors (Lipinski definition) is 0. The van der Waals surface area contributed by atoms with Crippen molar-refractivity contribution in [3.05, 3.63) is 52.5 Å². The zero-order valence-corrected chi connectivity index (χ0v) is 14.5. The molecule has 0 radical (unpaired) electrons. The molecule has 2 rings (SSSR count). The summed E-state index contributed by atoms with van der Waals surface area (Å²) in [5.41, 5.74) is 0.613. The van der Waals surface area contributed by atoms with Gasteiger partial charge in [-0.3, -0.25) is 4.79 Å². The van der Waals surface area contributed by atoms with Crippen molar-refractivity contribution in [3.63, 3.8) is 0 Å². The molecule has 0 aliphatic heterocycles. The van der Waals surface area contributed by atoms with E-state index in [-0.39, 0.29) is 5.78 Å². The second-order valence-corrected chi connectivity index (χ2v) is 7.68. The second kappa shape index (κ2) is 5.53. The van der Waals surface area contributed by atoms with Gasteiger partial charge in [0.25, 0.3) is 0 Å². The molecule has 1 heterocycles. The van der Waals surface area contributed by atoms with Crippen LogP contribution in [0, 0.1) is 0 Å². The van der Waals surface area contributed by atoms with Gasteiger partial charge in [0.05, 0.1) is 13.7 Å². The van der Waals surface area contributed by atoms with Gasteiger partial charge in [0, 0.05) is 14.5 Å². The Bertz CT molecular complexity index is 575. The molecule has 17 heavy (non-hydrogen) atoms. The van der Waals surface area contributed by atoms with Gasteiger partial charge in [-0.05, 0) is 72.1 Å². The zero-order valence-electron chi connectivity index (χ0n) is 8.14. The molecule has 0 spiro atoms. The van der Waals surface area contributed by atoms with Crippen molar-refractivity contribution in [2.75, 3.05) is 0 Å². The van der Waals surface area contributed by atoms with E-state index in [1.165, 1.54) is 11.3 Å². The summed E-state index contributed by atoms with van der Waals surface area (Å²) < 4.78 is 2.52. The van der Waals surface area contributed by atoms with Crippen molar-refractivity contribution in [2.45, 2.75) is 0 Å². The Hall–Kier alpha value is 0.320. The Morgan fingerprint density at radius 2 is 1.82 bits per heavy atom. The summed E-state index contributed by atoms with van der Waals surface area (Å²) in [6.45, 7) is 0. The first-order chi connectivity index (χ1) is 7.99. The predicted octanol–water partition coefficient (Wildman–Crippen LogP) is 5.92. The van der Waals surface area contributed by atoms with Crippen LogP contribution >= 0.6 is 70.7 Å². The van der Waals surface area contributed by atoms with Crippen molar-refractivity contribution < 1.29 is 4.79 Å². The standard InChI is InChI=1S/C11H4Br3ClOS/c12-6-3-5(1-2-8(6)15)10(16)9-4-7(13)11(14)17-9/h1-4H. The van der Waals surface area contributed by atoms with Gasteiger partial charge in [0.1, 0.15) is 0 Å². The molecule has 6 heteroatoms. The van der Waals surface area contributed by atoms with Crippen LogP contribution in [0.5, 0.6) is 0 Å². The Morgan fingerprint density at radius 1 is 1.12 bits per heavy atom. The molecule has 0 N–H and O–H groups in total. The molecule has 0 aliphatic carbocycles. The number of carbonyl (C=O) groups is 1. The van der Waals surface area contributed by atoms with Gasteiger partial charge in [-0.25, -0.2) is 0 Å². The van der Waals surface area contributed by atoms with Crippen LogP contribution in [0.1, 0.15) is 15.2 Å². The molecule has 1 aromatic heterocycles. The highest BCUT2D eigenvalue weighted by atomic mass is 79.9. The van der Waals surface area contributed by atoms with Crippen LogP contribution in [0.2, 0.25) is 5.02 Å². The molecule has 0 amide bonds. The van der Waals surface area contributed by atoms with E-state index in [9.17, 15) is 4.79 Å². The molecule has 88 valence electrons. The minimum absolute atomic E-state index is 0.0150. The summed E-state index contributed by atoms with van der Waals surface area (Å²) in [6, 6.07) is 6.96. The van der Waals surface area contributed by atoms with Gasteiger partial charge in [-0.1, -0.05) is 11.6 Å². The Morgan fingerprint density at radius 3 is 2.35 bits per heavy atom. The molecule has 0 saturated carbocycles. The van der Waals surface area contributed by atoms with E-state index in [0.29, 0.717) is 15.5 Å². The molecule has 0 saturated heterocycles. The first-order valence-corrected chi connectivity index (χ1v) is 8.01. The Balaban J connectivity index is 2.40. The highest BCUT2D eigenvalue weighted by Gasteiger charge is 2.15. The molecule has 2 aromatic rings. The van der Waals surface area contributed by atoms with Crippen LogP contribution in [0.15, 0.2) is 37.0 Å². The Kier molecular flexibility index (Phi) is 4.47. The summed E-state index contributed by atoms with van der Waals surface area (Å²) in [5.74, 6) is -0.0150. The van der Waals surface area contributed by atoms with E-state index in [4.69, 9.17) is 11.6 Å². The quantitative estimate of drug-likeness (QED) is 0.510. The molecule has 0 aliphatic rings. The van der Waals surface area contributed by atoms with Crippen LogP contribution < -0.4 is 0 Å². The number of thiophene rings is 1. The third-order valence-corrected chi connectivity index (χ3v) is 6.52. The van der Waals surface area contributed by atoms with Crippen LogP contribution in [-0.4, -0.2) is 5.78 Å². The number of ketones is 1. The van der Waals surface area contributed by atoms with Crippen molar-refractivity contribution in [3.8, 4) is 0 Å². The average Bonchev–Trinajstić information content (AvgIpc) is 2.62. The van der Waals surface area contributed by atoms with E-state index in [1.807, 2.05) is 0 Å². The van der Waals surface area contributed by atoms with Crippen LogP contribution in [-0.2, 0) is 0 Å². The van der Waals surface area contributed by atoms with Gasteiger partial charge in [0.15, 0.2) is 0 Å². The smallest absolute Gasteiger partial charge is 0.203 e. The second-order valence-electron chi connectivity index (χ2n) is 3.19. The monoisotopic (exact) mass is 456 g/mol. The lowest BCUT2D eigenvalue weighted by molar-refractivity contribution is 0.104. The van der Waals surface area contributed by atoms with Crippen LogP contribution in [0.4, 0.5) is 0 Å². The lowest BCUT2D eigenvalue weighted by atomic mass is 10.1. The lowest BCUT2D eigenvalue weighted by Gasteiger charge is -2.00. The third-order valence-electron chi connectivity index (χ3n) is 2.05. The summed E-state index contributed by atoms with van der Waals surface area (Å²) in [5, 5.41) is 0.593. The van der Waals surface area contributed by atoms with Gasteiger partial charge in [-0.15, -0.1) is 11.3 Å². The normalized spacial score (nSPS) is 10.6. The summed E-state index contributed by atoms with van der Waals surface area (Å²) in [4.78, 5) is 12.9. The SMILES string of the molecule is O=C(c1ccc(Cl)c(Br)c1)c1cc(Br)c(Br)s1. The molecule has 1 nitrogen and oxygen atoms in total. The molecular weight excluding hydrogens is 455 g/mol. The minimum Gasteiger partial charge on any atom is -0.288 e. The Labute approximate surface area is 133 Å². The van der Waals surface area contributed by atoms with Crippen LogP contribution in [0.3, 0.4) is 0 Å². The molecule has 0 atom stereocenters. The molecular formula is C11H4Br3ClOS. The van der Waals surface area contributed by atoms with Gasteiger partial charge < -0.3 is 0 Å². The average molecular weight is 459 g/mol.